The minimum absolute atomic E-state index is 0.0908. The van der Waals surface area contributed by atoms with Crippen LogP contribution in [-0.2, 0) is 16.0 Å². The molecule has 172 valence electrons. The van der Waals surface area contributed by atoms with Crippen LogP contribution in [0.2, 0.25) is 0 Å². The van der Waals surface area contributed by atoms with Gasteiger partial charge in [-0.3, -0.25) is 19.7 Å². The van der Waals surface area contributed by atoms with Gasteiger partial charge in [0.05, 0.1) is 16.2 Å². The molecule has 3 aromatic carbocycles. The van der Waals surface area contributed by atoms with Crippen LogP contribution in [0.3, 0.4) is 0 Å². The van der Waals surface area contributed by atoms with Gasteiger partial charge in [0.25, 0.3) is 17.5 Å². The first-order valence-electron chi connectivity index (χ1n) is 11.1. The predicted octanol–water partition coefficient (Wildman–Crippen LogP) is 5.68. The summed E-state index contributed by atoms with van der Waals surface area (Å²) < 4.78 is 0. The first-order valence-corrected chi connectivity index (χ1v) is 11.1. The molecular weight excluding hydrogens is 430 g/mol. The van der Waals surface area contributed by atoms with E-state index in [1.807, 2.05) is 43.3 Å². The molecular formula is C27H25N3O4. The molecule has 7 nitrogen and oxygen atoms in total. The van der Waals surface area contributed by atoms with E-state index >= 15 is 0 Å². The van der Waals surface area contributed by atoms with E-state index in [0.29, 0.717) is 22.9 Å². The van der Waals surface area contributed by atoms with Crippen molar-refractivity contribution in [3.63, 3.8) is 0 Å². The summed E-state index contributed by atoms with van der Waals surface area (Å²) in [6.45, 7) is 6.22. The number of non-ortho nitro benzene ring substituents is 1. The van der Waals surface area contributed by atoms with E-state index in [-0.39, 0.29) is 17.0 Å². The van der Waals surface area contributed by atoms with Crippen LogP contribution >= 0.6 is 0 Å². The minimum Gasteiger partial charge on any atom is -0.350 e. The molecule has 1 heterocycles. The second-order valence-corrected chi connectivity index (χ2v) is 8.42. The zero-order chi connectivity index (χ0) is 24.4. The van der Waals surface area contributed by atoms with E-state index in [1.165, 1.54) is 24.3 Å². The number of anilines is 2. The molecule has 0 atom stereocenters. The number of carbonyl (C=O) groups is 2. The van der Waals surface area contributed by atoms with Crippen molar-refractivity contribution in [3.8, 4) is 0 Å². The number of nitro groups is 1. The highest BCUT2D eigenvalue weighted by Gasteiger charge is 2.40. The van der Waals surface area contributed by atoms with Gasteiger partial charge in [-0.25, -0.2) is 4.90 Å². The van der Waals surface area contributed by atoms with Gasteiger partial charge in [-0.05, 0) is 65.4 Å². The molecule has 0 unspecified atom stereocenters. The predicted molar refractivity (Wildman–Crippen MR) is 132 cm³/mol. The van der Waals surface area contributed by atoms with Crippen molar-refractivity contribution in [2.24, 2.45) is 0 Å². The first-order chi connectivity index (χ1) is 16.3. The summed E-state index contributed by atoms with van der Waals surface area (Å²) in [6, 6.07) is 20.6. The van der Waals surface area contributed by atoms with Crippen LogP contribution in [0, 0.1) is 10.1 Å². The van der Waals surface area contributed by atoms with Gasteiger partial charge in [-0.15, -0.1) is 0 Å². The zero-order valence-electron chi connectivity index (χ0n) is 19.2. The van der Waals surface area contributed by atoms with Crippen molar-refractivity contribution < 1.29 is 14.5 Å². The van der Waals surface area contributed by atoms with Crippen LogP contribution in [0.5, 0.6) is 0 Å². The number of imide groups is 1. The van der Waals surface area contributed by atoms with Gasteiger partial charge in [0.15, 0.2) is 0 Å². The molecule has 0 spiro atoms. The fourth-order valence-electron chi connectivity index (χ4n) is 3.87. The lowest BCUT2D eigenvalue weighted by molar-refractivity contribution is -0.384. The lowest BCUT2D eigenvalue weighted by Gasteiger charge is -2.16. The number of carbonyl (C=O) groups excluding carboxylic acids is 2. The molecule has 3 aromatic rings. The third kappa shape index (κ3) is 4.32. The Hall–Kier alpha value is -4.26. The topological polar surface area (TPSA) is 92.6 Å². The Morgan fingerprint density at radius 1 is 0.882 bits per heavy atom. The molecule has 4 rings (SSSR count). The van der Waals surface area contributed by atoms with Gasteiger partial charge in [0.2, 0.25) is 0 Å². The fraction of sp³-hybridized carbons (Fsp3) is 0.185. The maximum atomic E-state index is 13.5. The van der Waals surface area contributed by atoms with Gasteiger partial charge < -0.3 is 5.32 Å². The standard InChI is InChI=1S/C27H25N3O4/c1-4-18-5-13-22(14-6-18)29-26(31)24(20-9-15-23(16-10-20)30(33)34)25(27(29)32)28-21-11-7-19(8-12-21)17(2)3/h5-17,28H,4H2,1-3H3. The van der Waals surface area contributed by atoms with E-state index in [1.54, 1.807) is 12.1 Å². The molecule has 0 radical (unpaired) electrons. The average Bonchev–Trinajstić information content (AvgIpc) is 3.08. The highest BCUT2D eigenvalue weighted by Crippen LogP contribution is 2.34. The Kier molecular flexibility index (Phi) is 6.27. The Morgan fingerprint density at radius 2 is 1.50 bits per heavy atom. The average molecular weight is 456 g/mol. The van der Waals surface area contributed by atoms with Crippen molar-refractivity contribution in [2.75, 3.05) is 10.2 Å². The first kappa shape index (κ1) is 22.9. The molecule has 0 bridgehead atoms. The summed E-state index contributed by atoms with van der Waals surface area (Å²) in [5.41, 5.74) is 4.03. The molecule has 34 heavy (non-hydrogen) atoms. The SMILES string of the molecule is CCc1ccc(N2C(=O)C(Nc3ccc(C(C)C)cc3)=C(c3ccc([N+](=O)[O-])cc3)C2=O)cc1. The summed E-state index contributed by atoms with van der Waals surface area (Å²) >= 11 is 0. The minimum atomic E-state index is -0.503. The van der Waals surface area contributed by atoms with Crippen LogP contribution in [0.1, 0.15) is 43.4 Å². The lowest BCUT2D eigenvalue weighted by atomic mass is 10.0. The van der Waals surface area contributed by atoms with Crippen LogP contribution in [0.4, 0.5) is 17.1 Å². The van der Waals surface area contributed by atoms with Gasteiger partial charge in [-0.1, -0.05) is 45.0 Å². The molecule has 0 saturated carbocycles. The van der Waals surface area contributed by atoms with Crippen LogP contribution in [0.25, 0.3) is 5.57 Å². The van der Waals surface area contributed by atoms with E-state index < -0.39 is 16.7 Å². The Balaban J connectivity index is 1.77. The summed E-state index contributed by atoms with van der Waals surface area (Å²) in [6.07, 6.45) is 0.841. The molecule has 2 amide bonds. The van der Waals surface area contributed by atoms with Gasteiger partial charge >= 0.3 is 0 Å². The van der Waals surface area contributed by atoms with Crippen LogP contribution < -0.4 is 10.2 Å². The van der Waals surface area contributed by atoms with E-state index in [0.717, 1.165) is 22.4 Å². The van der Waals surface area contributed by atoms with Crippen molar-refractivity contribution in [3.05, 3.63) is 105 Å². The number of hydrogen-bond acceptors (Lipinski definition) is 5. The maximum Gasteiger partial charge on any atom is 0.282 e. The summed E-state index contributed by atoms with van der Waals surface area (Å²) in [5.74, 6) is -0.597. The largest absolute Gasteiger partial charge is 0.350 e. The van der Waals surface area contributed by atoms with E-state index in [2.05, 4.69) is 19.2 Å². The monoisotopic (exact) mass is 455 g/mol. The normalized spacial score (nSPS) is 13.7. The Bertz CT molecular complexity index is 1270. The number of nitrogens with one attached hydrogen (secondary N) is 1. The van der Waals surface area contributed by atoms with Gasteiger partial charge in [0.1, 0.15) is 5.70 Å². The van der Waals surface area contributed by atoms with Crippen molar-refractivity contribution in [2.45, 2.75) is 33.1 Å². The zero-order valence-corrected chi connectivity index (χ0v) is 19.2. The highest BCUT2D eigenvalue weighted by molar-refractivity contribution is 6.46. The Labute approximate surface area is 197 Å². The lowest BCUT2D eigenvalue weighted by Crippen LogP contribution is -2.32. The van der Waals surface area contributed by atoms with Crippen molar-refractivity contribution in [1.29, 1.82) is 0 Å². The molecule has 0 aliphatic carbocycles. The molecule has 7 heteroatoms. The van der Waals surface area contributed by atoms with Crippen molar-refractivity contribution >= 4 is 34.4 Å². The van der Waals surface area contributed by atoms with E-state index in [4.69, 9.17) is 0 Å². The molecule has 0 aromatic heterocycles. The smallest absolute Gasteiger partial charge is 0.282 e. The molecule has 1 aliphatic heterocycles. The highest BCUT2D eigenvalue weighted by atomic mass is 16.6. The van der Waals surface area contributed by atoms with Gasteiger partial charge in [0, 0.05) is 17.8 Å². The molecule has 1 aliphatic rings. The molecule has 1 N–H and O–H groups in total. The van der Waals surface area contributed by atoms with Crippen LogP contribution in [0.15, 0.2) is 78.5 Å². The van der Waals surface area contributed by atoms with Crippen molar-refractivity contribution in [1.82, 2.24) is 0 Å². The number of nitrogens with zero attached hydrogens (tertiary/aromatic N) is 2. The maximum absolute atomic E-state index is 13.5. The third-order valence-corrected chi connectivity index (χ3v) is 5.90. The number of hydrogen-bond donors (Lipinski definition) is 1. The quantitative estimate of drug-likeness (QED) is 0.281. The number of aryl methyl sites for hydroxylation is 1. The fourth-order valence-corrected chi connectivity index (χ4v) is 3.87. The van der Waals surface area contributed by atoms with Gasteiger partial charge in [-0.2, -0.15) is 0 Å². The second-order valence-electron chi connectivity index (χ2n) is 8.42. The van der Waals surface area contributed by atoms with E-state index in [9.17, 15) is 19.7 Å². The molecule has 0 saturated heterocycles. The number of amides is 2. The second kappa shape index (κ2) is 9.31. The van der Waals surface area contributed by atoms with Crippen LogP contribution in [-0.4, -0.2) is 16.7 Å². The molecule has 0 fully saturated rings. The third-order valence-electron chi connectivity index (χ3n) is 5.90. The Morgan fingerprint density at radius 3 is 2.03 bits per heavy atom. The summed E-state index contributed by atoms with van der Waals surface area (Å²) in [4.78, 5) is 38.7. The number of nitro benzene ring substituents is 1. The number of benzene rings is 3. The summed E-state index contributed by atoms with van der Waals surface area (Å²) in [5, 5.41) is 14.2. The number of rotatable bonds is 7. The summed E-state index contributed by atoms with van der Waals surface area (Å²) in [7, 11) is 0.